The number of anilines is 1. The molecule has 7 heteroatoms. The lowest BCUT2D eigenvalue weighted by molar-refractivity contribution is 1.02. The number of thiazole rings is 1. The Morgan fingerprint density at radius 1 is 1.33 bits per heavy atom. The lowest BCUT2D eigenvalue weighted by atomic mass is 10.2. The summed E-state index contributed by atoms with van der Waals surface area (Å²) in [5.74, 6) is 2.76. The summed E-state index contributed by atoms with van der Waals surface area (Å²) in [7, 11) is 0. The van der Waals surface area contributed by atoms with E-state index in [1.165, 1.54) is 39.8 Å². The summed E-state index contributed by atoms with van der Waals surface area (Å²) >= 11 is 5.12. The van der Waals surface area contributed by atoms with Crippen LogP contribution in [0.25, 0.3) is 9.88 Å². The predicted molar refractivity (Wildman–Crippen MR) is 79.2 cm³/mol. The normalized spacial score (nSPS) is 15.2. The summed E-state index contributed by atoms with van der Waals surface area (Å²) in [4.78, 5) is 5.98. The zero-order valence-corrected chi connectivity index (χ0v) is 12.5. The van der Waals surface area contributed by atoms with Crippen LogP contribution in [0, 0.1) is 0 Å². The third kappa shape index (κ3) is 2.53. The largest absolute Gasteiger partial charge is 0.374 e. The molecule has 2 aromatic heterocycles. The number of nitrogens with zero attached hydrogens (tertiary/aromatic N) is 3. The second kappa shape index (κ2) is 5.14. The Bertz CT molecular complexity index is 544. The van der Waals surface area contributed by atoms with Crippen LogP contribution in [0.3, 0.4) is 0 Å². The van der Waals surface area contributed by atoms with Crippen LogP contribution in [0.1, 0.15) is 36.4 Å². The number of hydrogen-bond acceptors (Lipinski definition) is 7. The number of hydrogen-bond donors (Lipinski definition) is 1. The van der Waals surface area contributed by atoms with E-state index >= 15 is 0 Å². The molecule has 0 aliphatic heterocycles. The molecule has 2 aromatic rings. The molecule has 96 valence electrons. The molecule has 0 bridgehead atoms. The Morgan fingerprint density at radius 2 is 2.17 bits per heavy atom. The van der Waals surface area contributed by atoms with Gasteiger partial charge in [0.05, 0.1) is 10.6 Å². The first-order valence-corrected chi connectivity index (χ1v) is 8.73. The summed E-state index contributed by atoms with van der Waals surface area (Å²) < 4.78 is 0. The van der Waals surface area contributed by atoms with Crippen molar-refractivity contribution in [1.29, 1.82) is 0 Å². The van der Waals surface area contributed by atoms with E-state index in [0.29, 0.717) is 11.0 Å². The predicted octanol–water partition coefficient (Wildman–Crippen LogP) is 3.37. The molecular weight excluding hydrogens is 284 g/mol. The van der Waals surface area contributed by atoms with Crippen molar-refractivity contribution in [2.24, 2.45) is 0 Å². The third-order valence-electron chi connectivity index (χ3n) is 2.73. The van der Waals surface area contributed by atoms with Gasteiger partial charge in [-0.2, -0.15) is 11.8 Å². The van der Waals surface area contributed by atoms with Gasteiger partial charge in [-0.15, -0.1) is 21.5 Å². The maximum absolute atomic E-state index is 5.67. The van der Waals surface area contributed by atoms with Crippen LogP contribution in [0.15, 0.2) is 0 Å². The maximum atomic E-state index is 5.67. The van der Waals surface area contributed by atoms with Gasteiger partial charge in [0.15, 0.2) is 5.01 Å². The monoisotopic (exact) mass is 298 g/mol. The minimum Gasteiger partial charge on any atom is -0.374 e. The van der Waals surface area contributed by atoms with Crippen molar-refractivity contribution in [3.8, 4) is 9.88 Å². The van der Waals surface area contributed by atoms with E-state index in [1.807, 2.05) is 11.8 Å². The van der Waals surface area contributed by atoms with Crippen LogP contribution in [0.4, 0.5) is 5.13 Å². The second-order valence-corrected chi connectivity index (χ2v) is 7.55. The molecule has 0 saturated heterocycles. The standard InChI is InChI=1S/C11H14N4S3/c1-2-16-5-7-13-8(6-3-4-6)9(17-7)10-14-15-11(12)18-10/h6H,2-5H2,1H3,(H2,12,15). The van der Waals surface area contributed by atoms with E-state index in [2.05, 4.69) is 17.1 Å². The molecule has 0 atom stereocenters. The molecule has 3 rings (SSSR count). The van der Waals surface area contributed by atoms with Crippen molar-refractivity contribution < 1.29 is 0 Å². The highest BCUT2D eigenvalue weighted by atomic mass is 32.2. The molecule has 0 spiro atoms. The first-order chi connectivity index (χ1) is 8.78. The van der Waals surface area contributed by atoms with Crippen molar-refractivity contribution in [1.82, 2.24) is 15.2 Å². The first kappa shape index (κ1) is 12.4. The Labute approximate surface area is 118 Å². The van der Waals surface area contributed by atoms with Crippen LogP contribution in [-0.4, -0.2) is 20.9 Å². The van der Waals surface area contributed by atoms with E-state index in [-0.39, 0.29) is 0 Å². The molecule has 0 amide bonds. The van der Waals surface area contributed by atoms with Crippen LogP contribution >= 0.6 is 34.4 Å². The average Bonchev–Trinajstić information content (AvgIpc) is 2.98. The maximum Gasteiger partial charge on any atom is 0.203 e. The number of nitrogen functional groups attached to an aromatic ring is 1. The van der Waals surface area contributed by atoms with E-state index in [0.717, 1.165) is 16.5 Å². The van der Waals surface area contributed by atoms with Crippen LogP contribution in [0.5, 0.6) is 0 Å². The minimum atomic E-state index is 0.532. The van der Waals surface area contributed by atoms with Gasteiger partial charge in [0.25, 0.3) is 0 Å². The lowest BCUT2D eigenvalue weighted by Gasteiger charge is -1.93. The minimum absolute atomic E-state index is 0.532. The zero-order chi connectivity index (χ0) is 12.5. The van der Waals surface area contributed by atoms with Crippen molar-refractivity contribution in [2.75, 3.05) is 11.5 Å². The molecule has 1 aliphatic carbocycles. The fourth-order valence-electron chi connectivity index (χ4n) is 1.74. The summed E-state index contributed by atoms with van der Waals surface area (Å²) in [5, 5.41) is 10.7. The van der Waals surface area contributed by atoms with Gasteiger partial charge in [-0.1, -0.05) is 18.3 Å². The molecule has 4 nitrogen and oxygen atoms in total. The van der Waals surface area contributed by atoms with Gasteiger partial charge in [-0.25, -0.2) is 4.98 Å². The molecule has 1 saturated carbocycles. The highest BCUT2D eigenvalue weighted by molar-refractivity contribution is 7.98. The van der Waals surface area contributed by atoms with Crippen LogP contribution in [-0.2, 0) is 5.75 Å². The van der Waals surface area contributed by atoms with E-state index < -0.39 is 0 Å². The number of rotatable bonds is 5. The number of aromatic nitrogens is 3. The first-order valence-electron chi connectivity index (χ1n) is 5.94. The van der Waals surface area contributed by atoms with Gasteiger partial charge in [0.1, 0.15) is 5.01 Å². The second-order valence-electron chi connectivity index (χ2n) is 4.18. The number of thioether (sulfide) groups is 1. The summed E-state index contributed by atoms with van der Waals surface area (Å²) in [5.41, 5.74) is 6.89. The molecule has 1 fully saturated rings. The van der Waals surface area contributed by atoms with E-state index in [4.69, 9.17) is 10.7 Å². The van der Waals surface area contributed by atoms with Crippen molar-refractivity contribution in [3.63, 3.8) is 0 Å². The van der Waals surface area contributed by atoms with Crippen molar-refractivity contribution in [3.05, 3.63) is 10.7 Å². The molecular formula is C11H14N4S3. The van der Waals surface area contributed by atoms with Gasteiger partial charge < -0.3 is 5.73 Å². The Balaban J connectivity index is 1.93. The van der Waals surface area contributed by atoms with Crippen LogP contribution in [0.2, 0.25) is 0 Å². The molecule has 2 heterocycles. The number of nitrogens with two attached hydrogens (primary N) is 1. The smallest absolute Gasteiger partial charge is 0.203 e. The van der Waals surface area contributed by atoms with Gasteiger partial charge in [-0.05, 0) is 18.6 Å². The van der Waals surface area contributed by atoms with Gasteiger partial charge in [0, 0.05) is 11.7 Å². The van der Waals surface area contributed by atoms with E-state index in [9.17, 15) is 0 Å². The van der Waals surface area contributed by atoms with E-state index in [1.54, 1.807) is 11.3 Å². The quantitative estimate of drug-likeness (QED) is 0.916. The fraction of sp³-hybridized carbons (Fsp3) is 0.545. The fourth-order valence-corrected chi connectivity index (χ4v) is 4.30. The van der Waals surface area contributed by atoms with Gasteiger partial charge >= 0.3 is 0 Å². The Kier molecular flexibility index (Phi) is 3.54. The Morgan fingerprint density at radius 3 is 2.78 bits per heavy atom. The lowest BCUT2D eigenvalue weighted by Crippen LogP contribution is -1.85. The third-order valence-corrected chi connectivity index (χ3v) is 5.77. The highest BCUT2D eigenvalue weighted by Crippen LogP contribution is 2.47. The Hall–Kier alpha value is -0.660. The summed E-state index contributed by atoms with van der Waals surface area (Å²) in [6, 6.07) is 0. The van der Waals surface area contributed by atoms with Crippen molar-refractivity contribution >= 4 is 39.6 Å². The summed E-state index contributed by atoms with van der Waals surface area (Å²) in [6.07, 6.45) is 2.51. The molecule has 18 heavy (non-hydrogen) atoms. The molecule has 0 aromatic carbocycles. The molecule has 1 aliphatic rings. The average molecular weight is 298 g/mol. The SMILES string of the molecule is CCSCc1nc(C2CC2)c(-c2nnc(N)s2)s1. The summed E-state index contributed by atoms with van der Waals surface area (Å²) in [6.45, 7) is 2.17. The van der Waals surface area contributed by atoms with Crippen LogP contribution < -0.4 is 5.73 Å². The molecule has 2 N–H and O–H groups in total. The molecule has 0 radical (unpaired) electrons. The van der Waals surface area contributed by atoms with Gasteiger partial charge in [0.2, 0.25) is 5.13 Å². The van der Waals surface area contributed by atoms with Crippen molar-refractivity contribution in [2.45, 2.75) is 31.4 Å². The van der Waals surface area contributed by atoms with Gasteiger partial charge in [-0.3, -0.25) is 0 Å². The zero-order valence-electron chi connectivity index (χ0n) is 10.0. The topological polar surface area (TPSA) is 64.7 Å². The molecule has 0 unspecified atom stereocenters. The highest BCUT2D eigenvalue weighted by Gasteiger charge is 2.31.